The van der Waals surface area contributed by atoms with E-state index in [-0.39, 0.29) is 0 Å². The molecule has 1 N–H and O–H groups in total. The molecule has 3 heteroatoms. The van der Waals surface area contributed by atoms with Crippen molar-refractivity contribution < 1.29 is 0 Å². The van der Waals surface area contributed by atoms with Crippen LogP contribution in [0.1, 0.15) is 30.2 Å². The third-order valence-corrected chi connectivity index (χ3v) is 3.16. The zero-order valence-electron chi connectivity index (χ0n) is 11.9. The zero-order valence-corrected chi connectivity index (χ0v) is 11.9. The van der Waals surface area contributed by atoms with E-state index in [9.17, 15) is 0 Å². The first-order chi connectivity index (χ1) is 9.28. The Kier molecular flexibility index (Phi) is 5.16. The summed E-state index contributed by atoms with van der Waals surface area (Å²) in [6, 6.07) is 10.9. The highest BCUT2D eigenvalue weighted by Crippen LogP contribution is 2.07. The van der Waals surface area contributed by atoms with Gasteiger partial charge in [0.05, 0.1) is 12.2 Å². The van der Waals surface area contributed by atoms with Crippen molar-refractivity contribution in [1.82, 2.24) is 15.1 Å². The summed E-state index contributed by atoms with van der Waals surface area (Å²) >= 11 is 0. The second-order valence-electron chi connectivity index (χ2n) is 4.97. The number of nitrogens with one attached hydrogen (secondary N) is 1. The van der Waals surface area contributed by atoms with Crippen molar-refractivity contribution in [2.45, 2.75) is 33.2 Å². The fraction of sp³-hybridized carbons (Fsp3) is 0.438. The van der Waals surface area contributed by atoms with E-state index in [1.165, 1.54) is 17.5 Å². The maximum Gasteiger partial charge on any atom is 0.0659 e. The molecule has 0 fully saturated rings. The van der Waals surface area contributed by atoms with Crippen molar-refractivity contribution in [2.75, 3.05) is 13.1 Å². The maximum absolute atomic E-state index is 4.41. The number of benzene rings is 1. The summed E-state index contributed by atoms with van der Waals surface area (Å²) in [6.07, 6.45) is 4.32. The summed E-state index contributed by atoms with van der Waals surface area (Å²) in [4.78, 5) is 0. The van der Waals surface area contributed by atoms with Crippen LogP contribution < -0.4 is 5.32 Å². The summed E-state index contributed by atoms with van der Waals surface area (Å²) in [6.45, 7) is 7.23. The fourth-order valence-electron chi connectivity index (χ4n) is 2.08. The van der Waals surface area contributed by atoms with E-state index >= 15 is 0 Å². The minimum absolute atomic E-state index is 0.849. The van der Waals surface area contributed by atoms with Gasteiger partial charge in [0.15, 0.2) is 0 Å². The van der Waals surface area contributed by atoms with E-state index in [0.29, 0.717) is 0 Å². The highest BCUT2D eigenvalue weighted by Gasteiger charge is 1.98. The van der Waals surface area contributed by atoms with Gasteiger partial charge in [-0.1, -0.05) is 31.2 Å². The summed E-state index contributed by atoms with van der Waals surface area (Å²) in [7, 11) is 0. The lowest BCUT2D eigenvalue weighted by molar-refractivity contribution is 0.669. The zero-order chi connectivity index (χ0) is 13.5. The second kappa shape index (κ2) is 7.10. The maximum atomic E-state index is 4.41. The molecule has 2 rings (SSSR count). The SMILES string of the molecule is CCCNCCc1ccc(Cn2ccc(C)n2)cc1. The molecule has 2 aromatic rings. The van der Waals surface area contributed by atoms with Crippen LogP contribution in [0.5, 0.6) is 0 Å². The molecule has 0 saturated heterocycles. The normalized spacial score (nSPS) is 10.8. The van der Waals surface area contributed by atoms with Crippen LogP contribution in [-0.4, -0.2) is 22.9 Å². The van der Waals surface area contributed by atoms with Crippen LogP contribution in [-0.2, 0) is 13.0 Å². The number of hydrogen-bond acceptors (Lipinski definition) is 2. The first kappa shape index (κ1) is 13.8. The highest BCUT2D eigenvalue weighted by molar-refractivity contribution is 5.23. The van der Waals surface area contributed by atoms with Gasteiger partial charge in [-0.25, -0.2) is 0 Å². The van der Waals surface area contributed by atoms with Gasteiger partial charge in [-0.05, 0) is 50.0 Å². The van der Waals surface area contributed by atoms with Crippen LogP contribution in [0.3, 0.4) is 0 Å². The molecule has 0 bridgehead atoms. The summed E-state index contributed by atoms with van der Waals surface area (Å²) in [5.41, 5.74) is 3.76. The third kappa shape index (κ3) is 4.52. The number of nitrogens with zero attached hydrogens (tertiary/aromatic N) is 2. The molecule has 19 heavy (non-hydrogen) atoms. The Bertz CT molecular complexity index is 485. The molecule has 0 aliphatic rings. The van der Waals surface area contributed by atoms with Crippen LogP contribution >= 0.6 is 0 Å². The fourth-order valence-corrected chi connectivity index (χ4v) is 2.08. The Hall–Kier alpha value is -1.61. The standard InChI is InChI=1S/C16H23N3/c1-3-10-17-11-8-15-4-6-16(7-5-15)13-19-12-9-14(2)18-19/h4-7,9,12,17H,3,8,10-11,13H2,1-2H3. The smallest absolute Gasteiger partial charge is 0.0659 e. The largest absolute Gasteiger partial charge is 0.316 e. The van der Waals surface area contributed by atoms with E-state index in [1.54, 1.807) is 0 Å². The van der Waals surface area contributed by atoms with E-state index in [2.05, 4.69) is 41.6 Å². The summed E-state index contributed by atoms with van der Waals surface area (Å²) in [5.74, 6) is 0. The van der Waals surface area contributed by atoms with Gasteiger partial charge >= 0.3 is 0 Å². The van der Waals surface area contributed by atoms with Gasteiger partial charge in [0.1, 0.15) is 0 Å². The van der Waals surface area contributed by atoms with E-state index in [1.807, 2.05) is 23.9 Å². The van der Waals surface area contributed by atoms with Gasteiger partial charge in [-0.2, -0.15) is 5.10 Å². The molecule has 0 aliphatic carbocycles. The van der Waals surface area contributed by atoms with Crippen LogP contribution in [0.4, 0.5) is 0 Å². The van der Waals surface area contributed by atoms with Gasteiger partial charge < -0.3 is 5.32 Å². The van der Waals surface area contributed by atoms with Crippen LogP contribution in [0, 0.1) is 6.92 Å². The minimum atomic E-state index is 0.849. The molecule has 0 radical (unpaired) electrons. The number of aryl methyl sites for hydroxylation is 1. The number of rotatable bonds is 7. The van der Waals surface area contributed by atoms with Gasteiger partial charge in [-0.15, -0.1) is 0 Å². The van der Waals surface area contributed by atoms with Crippen LogP contribution in [0.15, 0.2) is 36.5 Å². The van der Waals surface area contributed by atoms with Gasteiger partial charge in [-0.3, -0.25) is 4.68 Å². The van der Waals surface area contributed by atoms with Crippen molar-refractivity contribution in [3.63, 3.8) is 0 Å². The molecule has 102 valence electrons. The monoisotopic (exact) mass is 257 g/mol. The van der Waals surface area contributed by atoms with Gasteiger partial charge in [0.25, 0.3) is 0 Å². The number of aromatic nitrogens is 2. The number of hydrogen-bond donors (Lipinski definition) is 1. The second-order valence-corrected chi connectivity index (χ2v) is 4.97. The molecule has 0 atom stereocenters. The summed E-state index contributed by atoms with van der Waals surface area (Å²) in [5, 5.41) is 7.83. The quantitative estimate of drug-likeness (QED) is 0.773. The third-order valence-electron chi connectivity index (χ3n) is 3.16. The molecule has 0 aliphatic heterocycles. The lowest BCUT2D eigenvalue weighted by atomic mass is 10.1. The average molecular weight is 257 g/mol. The van der Waals surface area contributed by atoms with E-state index in [0.717, 1.165) is 31.7 Å². The first-order valence-electron chi connectivity index (χ1n) is 7.06. The Balaban J connectivity index is 1.84. The van der Waals surface area contributed by atoms with Gasteiger partial charge in [0.2, 0.25) is 0 Å². The van der Waals surface area contributed by atoms with Crippen LogP contribution in [0.2, 0.25) is 0 Å². The minimum Gasteiger partial charge on any atom is -0.316 e. The molecule has 0 unspecified atom stereocenters. The topological polar surface area (TPSA) is 29.9 Å². The van der Waals surface area contributed by atoms with Crippen molar-refractivity contribution in [2.24, 2.45) is 0 Å². The highest BCUT2D eigenvalue weighted by atomic mass is 15.3. The first-order valence-corrected chi connectivity index (χ1v) is 7.06. The molecule has 0 saturated carbocycles. The Morgan fingerprint density at radius 2 is 1.79 bits per heavy atom. The van der Waals surface area contributed by atoms with Crippen molar-refractivity contribution >= 4 is 0 Å². The predicted molar refractivity (Wildman–Crippen MR) is 79.4 cm³/mol. The molecule has 1 aromatic carbocycles. The van der Waals surface area contributed by atoms with Crippen molar-refractivity contribution in [3.8, 4) is 0 Å². The van der Waals surface area contributed by atoms with Gasteiger partial charge in [0, 0.05) is 6.20 Å². The lowest BCUT2D eigenvalue weighted by Gasteiger charge is -2.06. The van der Waals surface area contributed by atoms with Crippen LogP contribution in [0.25, 0.3) is 0 Å². The van der Waals surface area contributed by atoms with Crippen molar-refractivity contribution in [3.05, 3.63) is 53.3 Å². The molecule has 1 heterocycles. The average Bonchev–Trinajstić information content (AvgIpc) is 2.82. The Morgan fingerprint density at radius 1 is 1.05 bits per heavy atom. The Labute approximate surface area is 115 Å². The molecular formula is C16H23N3. The van der Waals surface area contributed by atoms with E-state index < -0.39 is 0 Å². The molecule has 3 nitrogen and oxygen atoms in total. The van der Waals surface area contributed by atoms with Crippen molar-refractivity contribution in [1.29, 1.82) is 0 Å². The molecule has 0 amide bonds. The Morgan fingerprint density at radius 3 is 2.42 bits per heavy atom. The predicted octanol–water partition coefficient (Wildman–Crippen LogP) is 2.78. The summed E-state index contributed by atoms with van der Waals surface area (Å²) < 4.78 is 1.98. The van der Waals surface area contributed by atoms with E-state index in [4.69, 9.17) is 0 Å². The lowest BCUT2D eigenvalue weighted by Crippen LogP contribution is -2.17. The molecule has 1 aromatic heterocycles. The molecular weight excluding hydrogens is 234 g/mol. The molecule has 0 spiro atoms.